The molecule has 1 heterocycles. The van der Waals surface area contributed by atoms with Crippen LogP contribution in [0.4, 0.5) is 0 Å². The molecule has 0 aliphatic carbocycles. The van der Waals surface area contributed by atoms with Crippen LogP contribution >= 0.6 is 0 Å². The molecule has 10 amide bonds. The van der Waals surface area contributed by atoms with Crippen LogP contribution in [0.5, 0.6) is 0 Å². The summed E-state index contributed by atoms with van der Waals surface area (Å²) in [6, 6.07) is -9.22. The molecule has 1 aliphatic rings. The smallest absolute Gasteiger partial charge is 0.245 e. The normalized spacial score (nSPS) is 17.2. The number of aliphatic hydroxyl groups excluding tert-OH is 1. The lowest BCUT2D eigenvalue weighted by Gasteiger charge is -2.31. The van der Waals surface area contributed by atoms with Crippen LogP contribution in [0.1, 0.15) is 128 Å². The molecule has 1 fully saturated rings. The summed E-state index contributed by atoms with van der Waals surface area (Å²) >= 11 is 0. The largest absolute Gasteiger partial charge is 0.391 e. The van der Waals surface area contributed by atoms with Crippen LogP contribution in [0.3, 0.4) is 0 Å². The predicted molar refractivity (Wildman–Crippen MR) is 262 cm³/mol. The summed E-state index contributed by atoms with van der Waals surface area (Å²) in [5.41, 5.74) is 11.0. The highest BCUT2D eigenvalue weighted by atomic mass is 16.3. The van der Waals surface area contributed by atoms with Gasteiger partial charge in [-0.15, -0.1) is 0 Å². The first kappa shape index (κ1) is 61.9. The first-order valence-corrected chi connectivity index (χ1v) is 24.5. The standard InChI is InChI=1S/C46H83N13O11/c1-12-17-30(39(64)57-36(26(8)13-2)43(68)54-31(18-15-20-50-46(47)48)45(70)59-21-16-19-33(59)41(66)49-14-3)53-44(69)37(28(10)60)58-40(65)32(22-24(4)5)55-42(67)35(25(6)7)56-34(62)23-51-38(63)27(9)52-29(11)61/h24-28,30-33,35-37,60H,12-23H2,1-11H3,(H,49,66)(H,51,63)(H,52,61)(H,53,69)(H,54,68)(H,55,67)(H,56,62)(H,57,64)(H,58,65)(H4,47,48,50)/t26-,27+,28+,30-,31-,32+,33-,35-,36-,37-/m0/s1. The van der Waals surface area contributed by atoms with Gasteiger partial charge < -0.3 is 69.3 Å². The summed E-state index contributed by atoms with van der Waals surface area (Å²) in [4.78, 5) is 138. The Balaban J connectivity index is 3.30. The van der Waals surface area contributed by atoms with E-state index in [9.17, 15) is 53.1 Å². The summed E-state index contributed by atoms with van der Waals surface area (Å²) in [7, 11) is 0. The molecule has 0 saturated carbocycles. The third kappa shape index (κ3) is 21.3. The van der Waals surface area contributed by atoms with Crippen molar-refractivity contribution >= 4 is 65.0 Å². The van der Waals surface area contributed by atoms with Gasteiger partial charge >= 0.3 is 0 Å². The van der Waals surface area contributed by atoms with Crippen molar-refractivity contribution in [2.24, 2.45) is 34.2 Å². The SMILES string of the molecule is CCC[C@H](NC(=O)[C@@H](NC(=O)[C@@H](CC(C)C)NC(=O)[C@@H](NC(=O)CNC(=O)[C@@H](C)NC(C)=O)C(C)C)[C@@H](C)O)C(=O)N[C@H](C(=O)N[C@@H](CCCN=C(N)N)C(=O)N1CCC[C@H]1C(=O)NCC)[C@@H](C)CC. The summed E-state index contributed by atoms with van der Waals surface area (Å²) < 4.78 is 0. The van der Waals surface area contributed by atoms with E-state index in [4.69, 9.17) is 11.5 Å². The van der Waals surface area contributed by atoms with Gasteiger partial charge in [0.2, 0.25) is 59.1 Å². The molecule has 0 radical (unpaired) electrons. The lowest BCUT2D eigenvalue weighted by Crippen LogP contribution is -2.62. The Morgan fingerprint density at radius 3 is 1.79 bits per heavy atom. The Labute approximate surface area is 412 Å². The van der Waals surface area contributed by atoms with Crippen LogP contribution < -0.4 is 59.3 Å². The van der Waals surface area contributed by atoms with E-state index in [2.05, 4.69) is 52.8 Å². The molecule has 10 atom stereocenters. The van der Waals surface area contributed by atoms with Crippen LogP contribution in [0, 0.1) is 17.8 Å². The van der Waals surface area contributed by atoms with E-state index in [1.54, 1.807) is 48.5 Å². The number of carbonyl (C=O) groups excluding carboxylic acids is 10. The molecular weight excluding hydrogens is 911 g/mol. The number of likely N-dealkylation sites (N-methyl/N-ethyl adjacent to an activating group) is 1. The number of nitrogens with zero attached hydrogens (tertiary/aromatic N) is 2. The van der Waals surface area contributed by atoms with Gasteiger partial charge in [-0.1, -0.05) is 61.3 Å². The highest BCUT2D eigenvalue weighted by Crippen LogP contribution is 2.21. The molecule has 0 aromatic carbocycles. The number of likely N-dealkylation sites (tertiary alicyclic amines) is 1. The molecule has 24 nitrogen and oxygen atoms in total. The average Bonchev–Trinajstić information content (AvgIpc) is 3.78. The van der Waals surface area contributed by atoms with Crippen molar-refractivity contribution in [1.29, 1.82) is 0 Å². The number of carbonyl (C=O) groups is 10. The van der Waals surface area contributed by atoms with Crippen LogP contribution in [0.25, 0.3) is 0 Å². The van der Waals surface area contributed by atoms with Gasteiger partial charge in [0, 0.05) is 26.6 Å². The zero-order valence-corrected chi connectivity index (χ0v) is 43.0. The van der Waals surface area contributed by atoms with Gasteiger partial charge in [0.1, 0.15) is 48.3 Å². The number of amides is 10. The van der Waals surface area contributed by atoms with Gasteiger partial charge in [-0.05, 0) is 77.0 Å². The average molecular weight is 994 g/mol. The fourth-order valence-electron chi connectivity index (χ4n) is 7.67. The van der Waals surface area contributed by atoms with Crippen molar-refractivity contribution in [3.63, 3.8) is 0 Å². The zero-order chi connectivity index (χ0) is 53.4. The molecular formula is C46H83N13O11. The van der Waals surface area contributed by atoms with Crippen molar-refractivity contribution in [3.05, 3.63) is 0 Å². The van der Waals surface area contributed by atoms with Gasteiger partial charge in [-0.3, -0.25) is 52.9 Å². The Morgan fingerprint density at radius 2 is 1.24 bits per heavy atom. The molecule has 24 heteroatoms. The summed E-state index contributed by atoms with van der Waals surface area (Å²) in [6.45, 7) is 18.3. The van der Waals surface area contributed by atoms with Crippen molar-refractivity contribution in [3.8, 4) is 0 Å². The van der Waals surface area contributed by atoms with E-state index in [1.807, 2.05) is 6.92 Å². The zero-order valence-electron chi connectivity index (χ0n) is 43.0. The molecule has 14 N–H and O–H groups in total. The number of aliphatic hydroxyl groups is 1. The quantitative estimate of drug-likeness (QED) is 0.0204. The molecule has 1 rings (SSSR count). The number of aliphatic imine (C=N–C) groups is 1. The van der Waals surface area contributed by atoms with Crippen LogP contribution in [-0.2, 0) is 47.9 Å². The van der Waals surface area contributed by atoms with Crippen molar-refractivity contribution < 1.29 is 53.1 Å². The minimum absolute atomic E-state index is 0.0804. The third-order valence-corrected chi connectivity index (χ3v) is 11.7. The minimum atomic E-state index is -1.62. The molecule has 0 unspecified atom stereocenters. The van der Waals surface area contributed by atoms with E-state index < -0.39 is 126 Å². The fraction of sp³-hybridized carbons (Fsp3) is 0.761. The van der Waals surface area contributed by atoms with Gasteiger partial charge in [-0.25, -0.2) is 0 Å². The summed E-state index contributed by atoms with van der Waals surface area (Å²) in [5, 5.41) is 34.2. The van der Waals surface area contributed by atoms with Gasteiger partial charge in [0.05, 0.1) is 12.6 Å². The lowest BCUT2D eigenvalue weighted by atomic mass is 9.96. The summed E-state index contributed by atoms with van der Waals surface area (Å²) in [6.07, 6.45) is 0.918. The molecule has 70 heavy (non-hydrogen) atoms. The Morgan fingerprint density at radius 1 is 0.671 bits per heavy atom. The Bertz CT molecular complexity index is 1820. The monoisotopic (exact) mass is 994 g/mol. The number of nitrogens with two attached hydrogens (primary N) is 2. The second kappa shape index (κ2) is 31.2. The molecule has 0 bridgehead atoms. The highest BCUT2D eigenvalue weighted by molar-refractivity contribution is 5.98. The number of hydrogen-bond donors (Lipinski definition) is 12. The number of rotatable bonds is 30. The van der Waals surface area contributed by atoms with E-state index in [-0.39, 0.29) is 43.6 Å². The van der Waals surface area contributed by atoms with Crippen molar-refractivity contribution in [2.75, 3.05) is 26.2 Å². The summed E-state index contributed by atoms with van der Waals surface area (Å²) in [5.74, 6) is -7.75. The van der Waals surface area contributed by atoms with E-state index in [0.29, 0.717) is 45.2 Å². The van der Waals surface area contributed by atoms with Crippen LogP contribution in [-0.4, -0.2) is 156 Å². The number of guanidine groups is 1. The molecule has 1 saturated heterocycles. The maximum Gasteiger partial charge on any atom is 0.245 e. The van der Waals surface area contributed by atoms with E-state index in [1.165, 1.54) is 25.7 Å². The molecule has 0 aromatic heterocycles. The highest BCUT2D eigenvalue weighted by Gasteiger charge is 2.40. The number of hydrogen-bond acceptors (Lipinski definition) is 12. The molecule has 1 aliphatic heterocycles. The molecule has 0 aromatic rings. The Hall–Kier alpha value is -6.07. The first-order valence-electron chi connectivity index (χ1n) is 24.5. The second-order valence-corrected chi connectivity index (χ2v) is 18.7. The minimum Gasteiger partial charge on any atom is -0.391 e. The first-order chi connectivity index (χ1) is 32.8. The van der Waals surface area contributed by atoms with Gasteiger partial charge in [0.25, 0.3) is 0 Å². The molecule has 398 valence electrons. The maximum atomic E-state index is 14.2. The van der Waals surface area contributed by atoms with Crippen LogP contribution in [0.2, 0.25) is 0 Å². The van der Waals surface area contributed by atoms with Crippen molar-refractivity contribution in [2.45, 2.75) is 182 Å². The molecule has 0 spiro atoms. The fourth-order valence-corrected chi connectivity index (χ4v) is 7.67. The topological polar surface area (TPSA) is 367 Å². The predicted octanol–water partition coefficient (Wildman–Crippen LogP) is -2.35. The second-order valence-electron chi connectivity index (χ2n) is 18.7. The maximum absolute atomic E-state index is 14.2. The lowest BCUT2D eigenvalue weighted by molar-refractivity contribution is -0.142. The number of nitrogens with one attached hydrogen (secondary N) is 9. The van der Waals surface area contributed by atoms with E-state index >= 15 is 0 Å². The van der Waals surface area contributed by atoms with E-state index in [0.717, 1.165) is 0 Å². The third-order valence-electron chi connectivity index (χ3n) is 11.7. The Kier molecular flexibility index (Phi) is 27.6. The van der Waals surface area contributed by atoms with Gasteiger partial charge in [0.15, 0.2) is 5.96 Å². The van der Waals surface area contributed by atoms with Gasteiger partial charge in [-0.2, -0.15) is 0 Å². The van der Waals surface area contributed by atoms with Crippen LogP contribution in [0.15, 0.2) is 4.99 Å². The van der Waals surface area contributed by atoms with Crippen molar-refractivity contribution in [1.82, 2.24) is 52.8 Å².